The fourth-order valence-electron chi connectivity index (χ4n) is 5.27. The summed E-state index contributed by atoms with van der Waals surface area (Å²) in [5, 5.41) is 10.4. The summed E-state index contributed by atoms with van der Waals surface area (Å²) in [4.78, 5) is 11.2. The highest BCUT2D eigenvalue weighted by Gasteiger charge is 2.37. The van der Waals surface area contributed by atoms with Crippen LogP contribution in [0.5, 0.6) is 5.75 Å². The highest BCUT2D eigenvalue weighted by Crippen LogP contribution is 2.49. The Balaban J connectivity index is 1.79. The highest BCUT2D eigenvalue weighted by molar-refractivity contribution is 5.83. The van der Waals surface area contributed by atoms with E-state index in [1.54, 1.807) is 6.33 Å². The summed E-state index contributed by atoms with van der Waals surface area (Å²) in [5.41, 5.74) is 16.8. The molecule has 1 fully saturated rings. The van der Waals surface area contributed by atoms with Crippen LogP contribution in [-0.4, -0.2) is 46.4 Å². The van der Waals surface area contributed by atoms with E-state index in [1.807, 2.05) is 13.8 Å². The highest BCUT2D eigenvalue weighted by atomic mass is 16.5. The lowest BCUT2D eigenvalue weighted by Crippen LogP contribution is -2.34. The lowest BCUT2D eigenvalue weighted by atomic mass is 9.71. The average molecular weight is 454 g/mol. The molecule has 0 amide bonds. The maximum Gasteiger partial charge on any atom is 0.143 e. The van der Waals surface area contributed by atoms with E-state index in [9.17, 15) is 5.11 Å². The molecular weight excluding hydrogens is 414 g/mol. The first-order valence-corrected chi connectivity index (χ1v) is 12.1. The Morgan fingerprint density at radius 1 is 1.18 bits per heavy atom. The van der Waals surface area contributed by atoms with Gasteiger partial charge in [0, 0.05) is 30.8 Å². The van der Waals surface area contributed by atoms with Crippen LogP contribution < -0.4 is 21.1 Å². The summed E-state index contributed by atoms with van der Waals surface area (Å²) in [5.74, 6) is 1.44. The van der Waals surface area contributed by atoms with Gasteiger partial charge in [-0.15, -0.1) is 0 Å². The van der Waals surface area contributed by atoms with Gasteiger partial charge in [0.15, 0.2) is 0 Å². The predicted octanol–water partition coefficient (Wildman–Crippen LogP) is 3.81. The van der Waals surface area contributed by atoms with Crippen LogP contribution in [0.3, 0.4) is 0 Å². The Kier molecular flexibility index (Phi) is 6.31. The first kappa shape index (κ1) is 23.8. The molecule has 5 N–H and O–H groups in total. The molecule has 4 rings (SSSR count). The maximum atomic E-state index is 10.4. The van der Waals surface area contributed by atoms with Crippen molar-refractivity contribution >= 4 is 11.5 Å². The zero-order chi connectivity index (χ0) is 24.0. The molecule has 7 heteroatoms. The number of nitrogens with zero attached hydrogens (tertiary/aromatic N) is 3. The van der Waals surface area contributed by atoms with Crippen LogP contribution in [0, 0.1) is 0 Å². The minimum atomic E-state index is -0.739. The second-order valence-corrected chi connectivity index (χ2v) is 11.1. The van der Waals surface area contributed by atoms with Crippen molar-refractivity contribution in [1.29, 1.82) is 0 Å². The lowest BCUT2D eigenvalue weighted by Gasteiger charge is -2.38. The van der Waals surface area contributed by atoms with E-state index in [0.717, 1.165) is 60.4 Å². The predicted molar refractivity (Wildman–Crippen MR) is 134 cm³/mol. The number of hydrogen-bond donors (Lipinski definition) is 3. The number of hydrogen-bond acceptors (Lipinski definition) is 7. The molecular formula is C26H39N5O2. The zero-order valence-electron chi connectivity index (χ0n) is 20.7. The summed E-state index contributed by atoms with van der Waals surface area (Å²) in [6.45, 7) is 8.81. The number of ether oxygens (including phenoxy) is 1. The molecule has 0 saturated heterocycles. The molecule has 1 aromatic carbocycles. The van der Waals surface area contributed by atoms with Crippen molar-refractivity contribution in [2.75, 3.05) is 24.2 Å². The molecule has 0 radical (unpaired) electrons. The Bertz CT molecular complexity index is 1010. The third-order valence-corrected chi connectivity index (χ3v) is 7.13. The molecule has 7 nitrogen and oxygen atoms in total. The minimum absolute atomic E-state index is 0.172. The molecule has 2 aliphatic carbocycles. The van der Waals surface area contributed by atoms with Crippen molar-refractivity contribution in [3.8, 4) is 17.0 Å². The molecule has 0 spiro atoms. The summed E-state index contributed by atoms with van der Waals surface area (Å²) in [6, 6.07) is 4.47. The topological polar surface area (TPSA) is 111 Å². The minimum Gasteiger partial charge on any atom is -0.488 e. The molecule has 33 heavy (non-hydrogen) atoms. The molecule has 2 aliphatic rings. The van der Waals surface area contributed by atoms with Gasteiger partial charge in [-0.3, -0.25) is 0 Å². The molecule has 0 atom stereocenters. The molecule has 0 aliphatic heterocycles. The van der Waals surface area contributed by atoms with Gasteiger partial charge in [-0.25, -0.2) is 9.97 Å². The molecule has 1 aromatic heterocycles. The summed E-state index contributed by atoms with van der Waals surface area (Å²) >= 11 is 0. The van der Waals surface area contributed by atoms with Gasteiger partial charge in [0.1, 0.15) is 17.9 Å². The number of fused-ring (bicyclic) bond motifs is 3. The average Bonchev–Trinajstić information content (AvgIpc) is 2.72. The summed E-state index contributed by atoms with van der Waals surface area (Å²) in [6.07, 6.45) is 7.12. The summed E-state index contributed by atoms with van der Waals surface area (Å²) in [7, 11) is 2.09. The lowest BCUT2D eigenvalue weighted by molar-refractivity contribution is 0.0733. The second-order valence-electron chi connectivity index (χ2n) is 11.1. The molecule has 1 heterocycles. The van der Waals surface area contributed by atoms with E-state index in [2.05, 4.69) is 47.9 Å². The number of anilines is 2. The fraction of sp³-hybridized carbons (Fsp3) is 0.615. The van der Waals surface area contributed by atoms with Crippen LogP contribution in [0.25, 0.3) is 11.3 Å². The van der Waals surface area contributed by atoms with E-state index in [-0.39, 0.29) is 17.6 Å². The number of rotatable bonds is 6. The van der Waals surface area contributed by atoms with E-state index < -0.39 is 5.60 Å². The van der Waals surface area contributed by atoms with E-state index in [1.165, 1.54) is 5.56 Å². The van der Waals surface area contributed by atoms with E-state index in [0.29, 0.717) is 18.8 Å². The zero-order valence-corrected chi connectivity index (χ0v) is 20.7. The number of nitrogen functional groups attached to an aromatic ring is 1. The van der Waals surface area contributed by atoms with Crippen LogP contribution in [-0.2, 0) is 11.8 Å². The van der Waals surface area contributed by atoms with Crippen LogP contribution in [0.2, 0.25) is 0 Å². The smallest absolute Gasteiger partial charge is 0.143 e. The number of aromatic nitrogens is 2. The van der Waals surface area contributed by atoms with Crippen molar-refractivity contribution in [1.82, 2.24) is 9.97 Å². The number of aliphatic hydroxyl groups is 1. The number of nitrogens with two attached hydrogens (primary N) is 2. The van der Waals surface area contributed by atoms with E-state index >= 15 is 0 Å². The third kappa shape index (κ3) is 4.94. The van der Waals surface area contributed by atoms with Gasteiger partial charge >= 0.3 is 0 Å². The van der Waals surface area contributed by atoms with Crippen molar-refractivity contribution in [2.24, 2.45) is 5.73 Å². The van der Waals surface area contributed by atoms with Gasteiger partial charge in [0.05, 0.1) is 23.1 Å². The van der Waals surface area contributed by atoms with Gasteiger partial charge in [0.25, 0.3) is 0 Å². The Hall–Kier alpha value is -2.38. The fourth-order valence-corrected chi connectivity index (χ4v) is 5.27. The van der Waals surface area contributed by atoms with Crippen molar-refractivity contribution in [3.05, 3.63) is 29.6 Å². The largest absolute Gasteiger partial charge is 0.488 e. The maximum absolute atomic E-state index is 10.4. The molecule has 2 aromatic rings. The quantitative estimate of drug-likeness (QED) is 0.610. The Morgan fingerprint density at radius 3 is 2.55 bits per heavy atom. The van der Waals surface area contributed by atoms with Gasteiger partial charge in [-0.05, 0) is 75.5 Å². The Morgan fingerprint density at radius 2 is 1.88 bits per heavy atom. The summed E-state index contributed by atoms with van der Waals surface area (Å²) < 4.78 is 6.62. The molecule has 180 valence electrons. The van der Waals surface area contributed by atoms with Crippen LogP contribution in [0.15, 0.2) is 18.5 Å². The Labute approximate surface area is 197 Å². The van der Waals surface area contributed by atoms with Gasteiger partial charge in [0.2, 0.25) is 0 Å². The first-order valence-electron chi connectivity index (χ1n) is 12.1. The molecule has 1 saturated carbocycles. The van der Waals surface area contributed by atoms with Gasteiger partial charge in [-0.2, -0.15) is 0 Å². The second kappa shape index (κ2) is 8.76. The third-order valence-electron chi connectivity index (χ3n) is 7.13. The van der Waals surface area contributed by atoms with Gasteiger partial charge in [-0.1, -0.05) is 13.8 Å². The van der Waals surface area contributed by atoms with Crippen LogP contribution in [0.1, 0.15) is 70.9 Å². The first-order chi connectivity index (χ1) is 15.5. The molecule has 0 unspecified atom stereocenters. The number of benzene rings is 1. The molecule has 0 bridgehead atoms. The van der Waals surface area contributed by atoms with Crippen molar-refractivity contribution in [2.45, 2.75) is 89.4 Å². The normalized spacial score (nSPS) is 21.8. The van der Waals surface area contributed by atoms with E-state index in [4.69, 9.17) is 16.2 Å². The monoisotopic (exact) mass is 453 g/mol. The standard InChI is InChI=1S/C26H39N5O2/c1-25(2)14-19-18(22-21(25)24(28)30-15-29-22)10-11-20(33-17-8-6-16(27)7-9-17)23(19)31(5)13-12-26(3,4)32/h10-11,15-17,32H,6-9,12-14,27H2,1-5H3,(H2,28,29,30). The van der Waals surface area contributed by atoms with Crippen LogP contribution in [0.4, 0.5) is 11.5 Å². The van der Waals surface area contributed by atoms with Crippen LogP contribution >= 0.6 is 0 Å². The van der Waals surface area contributed by atoms with Crippen molar-refractivity contribution < 1.29 is 9.84 Å². The van der Waals surface area contributed by atoms with Crippen molar-refractivity contribution in [3.63, 3.8) is 0 Å². The van der Waals surface area contributed by atoms with Gasteiger partial charge < -0.3 is 26.2 Å². The SMILES string of the molecule is CN(CCC(C)(C)O)c1c(OC2CCC(N)CC2)ccc2c1CC(C)(C)c1c(N)ncnc1-2.